The van der Waals surface area contributed by atoms with Crippen molar-refractivity contribution in [2.45, 2.75) is 38.6 Å². The molecule has 0 spiro atoms. The predicted molar refractivity (Wildman–Crippen MR) is 93.7 cm³/mol. The van der Waals surface area contributed by atoms with Gasteiger partial charge in [-0.2, -0.15) is 0 Å². The Kier molecular flexibility index (Phi) is 4.31. The Morgan fingerprint density at radius 2 is 1.71 bits per heavy atom. The minimum absolute atomic E-state index is 0.114. The molecule has 1 N–H and O–H groups in total. The first kappa shape index (κ1) is 16.9. The second-order valence-electron chi connectivity index (χ2n) is 6.38. The van der Waals surface area contributed by atoms with Crippen molar-refractivity contribution in [3.8, 4) is 0 Å². The summed E-state index contributed by atoms with van der Waals surface area (Å²) in [5.41, 5.74) is 3.62. The fourth-order valence-corrected chi connectivity index (χ4v) is 4.89. The molecule has 128 valence electrons. The van der Waals surface area contributed by atoms with E-state index in [4.69, 9.17) is 0 Å². The van der Waals surface area contributed by atoms with Crippen LogP contribution in [0, 0.1) is 27.7 Å². The zero-order chi connectivity index (χ0) is 17.5. The third kappa shape index (κ3) is 3.01. The van der Waals surface area contributed by atoms with Crippen molar-refractivity contribution in [1.82, 2.24) is 14.7 Å². The molecule has 0 bridgehead atoms. The maximum atomic E-state index is 12.9. The van der Waals surface area contributed by atoms with E-state index in [0.29, 0.717) is 18.0 Å². The molecule has 1 aromatic carbocycles. The highest BCUT2D eigenvalue weighted by Gasteiger charge is 2.33. The first-order valence-corrected chi connectivity index (χ1v) is 9.38. The fraction of sp³-hybridized carbons (Fsp3) is 0.412. The SMILES string of the molecule is Cc1cc(C)c(C)c(S(=O)(=O)NC2CN(c3cnccn3)C2)c1C. The van der Waals surface area contributed by atoms with E-state index in [1.54, 1.807) is 18.6 Å². The van der Waals surface area contributed by atoms with Crippen LogP contribution < -0.4 is 9.62 Å². The minimum atomic E-state index is -3.55. The maximum absolute atomic E-state index is 12.9. The lowest BCUT2D eigenvalue weighted by molar-refractivity contribution is 0.465. The van der Waals surface area contributed by atoms with Crippen LogP contribution in [-0.2, 0) is 10.0 Å². The largest absolute Gasteiger partial charge is 0.352 e. The molecule has 1 fully saturated rings. The Bertz CT molecular complexity index is 834. The highest BCUT2D eigenvalue weighted by Crippen LogP contribution is 2.27. The summed E-state index contributed by atoms with van der Waals surface area (Å²) in [4.78, 5) is 10.7. The quantitative estimate of drug-likeness (QED) is 0.915. The molecule has 0 unspecified atom stereocenters. The van der Waals surface area contributed by atoms with Crippen LogP contribution in [-0.4, -0.2) is 37.5 Å². The van der Waals surface area contributed by atoms with Gasteiger partial charge in [-0.1, -0.05) is 6.07 Å². The third-order valence-corrected chi connectivity index (χ3v) is 6.44. The summed E-state index contributed by atoms with van der Waals surface area (Å²) in [6.45, 7) is 8.81. The van der Waals surface area contributed by atoms with Crippen LogP contribution in [0.2, 0.25) is 0 Å². The van der Waals surface area contributed by atoms with Gasteiger partial charge in [0.05, 0.1) is 17.1 Å². The molecular formula is C17H22N4O2S. The van der Waals surface area contributed by atoms with E-state index in [0.717, 1.165) is 28.1 Å². The molecule has 1 aliphatic heterocycles. The van der Waals surface area contributed by atoms with Gasteiger partial charge in [-0.25, -0.2) is 18.1 Å². The normalized spacial score (nSPS) is 15.4. The molecule has 2 heterocycles. The Balaban J connectivity index is 1.77. The van der Waals surface area contributed by atoms with E-state index in [9.17, 15) is 8.42 Å². The second-order valence-corrected chi connectivity index (χ2v) is 8.03. The van der Waals surface area contributed by atoms with E-state index in [1.165, 1.54) is 0 Å². The highest BCUT2D eigenvalue weighted by atomic mass is 32.2. The summed E-state index contributed by atoms with van der Waals surface area (Å²) in [7, 11) is -3.55. The lowest BCUT2D eigenvalue weighted by Crippen LogP contribution is -2.59. The predicted octanol–water partition coefficient (Wildman–Crippen LogP) is 1.88. The zero-order valence-corrected chi connectivity index (χ0v) is 15.2. The van der Waals surface area contributed by atoms with E-state index in [2.05, 4.69) is 14.7 Å². The summed E-state index contributed by atoms with van der Waals surface area (Å²) in [6, 6.07) is 1.92. The molecule has 2 aromatic rings. The number of nitrogens with one attached hydrogen (secondary N) is 1. The fourth-order valence-electron chi connectivity index (χ4n) is 3.06. The molecular weight excluding hydrogens is 324 g/mol. The van der Waals surface area contributed by atoms with E-state index in [-0.39, 0.29) is 6.04 Å². The summed E-state index contributed by atoms with van der Waals surface area (Å²) in [5.74, 6) is 0.770. The molecule has 24 heavy (non-hydrogen) atoms. The number of aromatic nitrogens is 2. The minimum Gasteiger partial charge on any atom is -0.352 e. The maximum Gasteiger partial charge on any atom is 0.241 e. The van der Waals surface area contributed by atoms with Gasteiger partial charge in [-0.3, -0.25) is 4.98 Å². The number of hydrogen-bond donors (Lipinski definition) is 1. The van der Waals surface area contributed by atoms with Crippen molar-refractivity contribution < 1.29 is 8.42 Å². The standard InChI is InChI=1S/C17H22N4O2S/c1-11-7-12(2)14(4)17(13(11)3)24(22,23)20-15-9-21(10-15)16-8-18-5-6-19-16/h5-8,15,20H,9-10H2,1-4H3. The molecule has 0 aliphatic carbocycles. The Morgan fingerprint density at radius 3 is 2.25 bits per heavy atom. The number of anilines is 1. The van der Waals surface area contributed by atoms with Crippen molar-refractivity contribution >= 4 is 15.8 Å². The van der Waals surface area contributed by atoms with Gasteiger partial charge in [-0.15, -0.1) is 0 Å². The summed E-state index contributed by atoms with van der Waals surface area (Å²) >= 11 is 0. The topological polar surface area (TPSA) is 75.2 Å². The van der Waals surface area contributed by atoms with Gasteiger partial charge in [0.25, 0.3) is 0 Å². The Labute approximate surface area is 143 Å². The van der Waals surface area contributed by atoms with Crippen molar-refractivity contribution in [3.05, 3.63) is 46.9 Å². The molecule has 0 saturated carbocycles. The van der Waals surface area contributed by atoms with Crippen LogP contribution in [0.15, 0.2) is 29.6 Å². The molecule has 0 radical (unpaired) electrons. The van der Waals surface area contributed by atoms with Gasteiger partial charge in [0.1, 0.15) is 5.82 Å². The molecule has 1 aromatic heterocycles. The molecule has 1 aliphatic rings. The van der Waals surface area contributed by atoms with Crippen LogP contribution in [0.5, 0.6) is 0 Å². The van der Waals surface area contributed by atoms with E-state index < -0.39 is 10.0 Å². The molecule has 7 heteroatoms. The van der Waals surface area contributed by atoms with Crippen LogP contribution in [0.4, 0.5) is 5.82 Å². The number of hydrogen-bond acceptors (Lipinski definition) is 5. The highest BCUT2D eigenvalue weighted by molar-refractivity contribution is 7.89. The van der Waals surface area contributed by atoms with E-state index >= 15 is 0 Å². The van der Waals surface area contributed by atoms with Crippen LogP contribution in [0.1, 0.15) is 22.3 Å². The smallest absolute Gasteiger partial charge is 0.241 e. The van der Waals surface area contributed by atoms with Crippen LogP contribution >= 0.6 is 0 Å². The number of aryl methyl sites for hydroxylation is 2. The average molecular weight is 346 g/mol. The molecule has 1 saturated heterocycles. The number of sulfonamides is 1. The molecule has 6 nitrogen and oxygen atoms in total. The van der Waals surface area contributed by atoms with Crippen molar-refractivity contribution in [3.63, 3.8) is 0 Å². The molecule has 3 rings (SSSR count). The Morgan fingerprint density at radius 1 is 1.08 bits per heavy atom. The summed E-state index contributed by atoms with van der Waals surface area (Å²) < 4.78 is 28.6. The van der Waals surface area contributed by atoms with Crippen molar-refractivity contribution in [2.75, 3.05) is 18.0 Å². The van der Waals surface area contributed by atoms with Gasteiger partial charge >= 0.3 is 0 Å². The van der Waals surface area contributed by atoms with Crippen molar-refractivity contribution in [2.24, 2.45) is 0 Å². The van der Waals surface area contributed by atoms with Crippen molar-refractivity contribution in [1.29, 1.82) is 0 Å². The van der Waals surface area contributed by atoms with Crippen LogP contribution in [0.3, 0.4) is 0 Å². The van der Waals surface area contributed by atoms with Gasteiger partial charge in [-0.05, 0) is 49.9 Å². The van der Waals surface area contributed by atoms with Gasteiger partial charge in [0.2, 0.25) is 10.0 Å². The first-order chi connectivity index (χ1) is 11.3. The second kappa shape index (κ2) is 6.14. The average Bonchev–Trinajstić information content (AvgIpc) is 2.49. The van der Waals surface area contributed by atoms with E-state index in [1.807, 2.05) is 38.7 Å². The Hall–Kier alpha value is -1.99. The van der Waals surface area contributed by atoms with Gasteiger partial charge in [0, 0.05) is 25.5 Å². The molecule has 0 atom stereocenters. The zero-order valence-electron chi connectivity index (χ0n) is 14.4. The monoisotopic (exact) mass is 346 g/mol. The van der Waals surface area contributed by atoms with Gasteiger partial charge < -0.3 is 4.90 Å². The first-order valence-electron chi connectivity index (χ1n) is 7.90. The third-order valence-electron chi connectivity index (χ3n) is 4.64. The number of rotatable bonds is 4. The number of nitrogens with zero attached hydrogens (tertiary/aromatic N) is 3. The molecule has 0 amide bonds. The summed E-state index contributed by atoms with van der Waals surface area (Å²) in [5, 5.41) is 0. The van der Waals surface area contributed by atoms with Gasteiger partial charge in [0.15, 0.2) is 0 Å². The lowest BCUT2D eigenvalue weighted by atomic mass is 10.0. The number of benzene rings is 1. The van der Waals surface area contributed by atoms with Crippen LogP contribution in [0.25, 0.3) is 0 Å². The summed E-state index contributed by atoms with van der Waals surface area (Å²) in [6.07, 6.45) is 4.94. The lowest BCUT2D eigenvalue weighted by Gasteiger charge is -2.40.